The van der Waals surface area contributed by atoms with E-state index in [2.05, 4.69) is 47.9 Å². The van der Waals surface area contributed by atoms with Gasteiger partial charge in [0.15, 0.2) is 5.65 Å². The second-order valence-electron chi connectivity index (χ2n) is 7.26. The maximum absolute atomic E-state index is 13.0. The number of thiophene rings is 1. The summed E-state index contributed by atoms with van der Waals surface area (Å²) in [7, 11) is 0. The highest BCUT2D eigenvalue weighted by molar-refractivity contribution is 7.16. The van der Waals surface area contributed by atoms with E-state index in [4.69, 9.17) is 4.98 Å². The van der Waals surface area contributed by atoms with Crippen LogP contribution in [0.5, 0.6) is 0 Å². The third-order valence-corrected chi connectivity index (χ3v) is 4.81. The van der Waals surface area contributed by atoms with Gasteiger partial charge in [-0.1, -0.05) is 0 Å². The summed E-state index contributed by atoms with van der Waals surface area (Å²) in [5.41, 5.74) is 2.05. The Morgan fingerprint density at radius 3 is 2.66 bits per heavy atom. The quantitative estimate of drug-likeness (QED) is 0.456. The number of imidazole rings is 1. The van der Waals surface area contributed by atoms with Crippen LogP contribution in [0.1, 0.15) is 31.3 Å². The van der Waals surface area contributed by atoms with Crippen molar-refractivity contribution in [3.63, 3.8) is 0 Å². The van der Waals surface area contributed by atoms with E-state index >= 15 is 0 Å². The summed E-state index contributed by atoms with van der Waals surface area (Å²) in [5, 5.41) is 3.54. The number of hydrogen-bond donors (Lipinski definition) is 1. The number of hydrogen-bond acceptors (Lipinski definition) is 5. The van der Waals surface area contributed by atoms with Gasteiger partial charge in [-0.15, -0.1) is 23.7 Å². The molecule has 0 saturated heterocycles. The van der Waals surface area contributed by atoms with Gasteiger partial charge in [-0.2, -0.15) is 0 Å². The van der Waals surface area contributed by atoms with Gasteiger partial charge in [0.2, 0.25) is 0 Å². The van der Waals surface area contributed by atoms with Crippen molar-refractivity contribution in [2.75, 3.05) is 5.32 Å². The molecular weight excluding hydrogens is 409 g/mol. The van der Waals surface area contributed by atoms with E-state index in [-0.39, 0.29) is 23.8 Å². The van der Waals surface area contributed by atoms with Crippen molar-refractivity contribution in [1.82, 2.24) is 19.4 Å². The molecule has 8 heteroatoms. The van der Waals surface area contributed by atoms with E-state index in [0.717, 1.165) is 26.9 Å². The number of nitrogens with one attached hydrogen (secondary N) is 1. The molecule has 0 aliphatic rings. The molecule has 0 radical (unpaired) electrons. The molecule has 1 N–H and O–H groups in total. The number of pyridine rings is 1. The van der Waals surface area contributed by atoms with E-state index in [1.54, 1.807) is 29.8 Å². The molecule has 0 saturated carbocycles. The molecule has 29 heavy (non-hydrogen) atoms. The largest absolute Gasteiger partial charge is 0.365 e. The third-order valence-electron chi connectivity index (χ3n) is 3.80. The van der Waals surface area contributed by atoms with Crippen LogP contribution in [-0.2, 0) is 0 Å². The van der Waals surface area contributed by atoms with Gasteiger partial charge in [-0.3, -0.25) is 9.38 Å². The third kappa shape index (κ3) is 4.73. The fourth-order valence-corrected chi connectivity index (χ4v) is 3.51. The molecule has 4 aromatic heterocycles. The van der Waals surface area contributed by atoms with Crippen molar-refractivity contribution in [3.05, 3.63) is 65.4 Å². The first-order chi connectivity index (χ1) is 13.4. The Hall–Kier alpha value is -2.95. The highest BCUT2D eigenvalue weighted by Crippen LogP contribution is 2.34. The van der Waals surface area contributed by atoms with Crippen LogP contribution in [0.4, 0.5) is 10.2 Å². The van der Waals surface area contributed by atoms with Gasteiger partial charge in [-0.05, 0) is 56.9 Å². The normalized spacial score (nSPS) is 10.9. The minimum atomic E-state index is -0.371. The van der Waals surface area contributed by atoms with Crippen LogP contribution >= 0.6 is 23.7 Å². The summed E-state index contributed by atoms with van der Waals surface area (Å²) in [4.78, 5) is 14.8. The number of aromatic nitrogens is 4. The zero-order chi connectivity index (χ0) is 19.7. The molecule has 5 nitrogen and oxygen atoms in total. The molecule has 4 rings (SSSR count). The van der Waals surface area contributed by atoms with Crippen LogP contribution in [0.25, 0.3) is 16.2 Å². The van der Waals surface area contributed by atoms with E-state index in [1.165, 1.54) is 12.3 Å². The molecule has 4 aromatic rings. The van der Waals surface area contributed by atoms with Crippen LogP contribution in [0.3, 0.4) is 0 Å². The summed E-state index contributed by atoms with van der Waals surface area (Å²) in [6.07, 6.45) is 6.55. The first-order valence-electron chi connectivity index (χ1n) is 8.73. The van der Waals surface area contributed by atoms with Gasteiger partial charge in [0.1, 0.15) is 23.0 Å². The summed E-state index contributed by atoms with van der Waals surface area (Å²) in [6.45, 7) is 6.33. The lowest BCUT2D eigenvalue weighted by atomic mass is 10.1. The first kappa shape index (κ1) is 20.8. The predicted octanol–water partition coefficient (Wildman–Crippen LogP) is 5.02. The van der Waals surface area contributed by atoms with Crippen molar-refractivity contribution in [1.29, 1.82) is 0 Å². The minimum absolute atomic E-state index is 0. The molecule has 0 aromatic carbocycles. The molecule has 0 unspecified atom stereocenters. The molecule has 0 spiro atoms. The van der Waals surface area contributed by atoms with Crippen molar-refractivity contribution in [2.24, 2.45) is 0 Å². The topological polar surface area (TPSA) is 55.1 Å². The van der Waals surface area contributed by atoms with Crippen LogP contribution in [-0.4, -0.2) is 24.9 Å². The standard InChI is InChI=1S/C21H18FN5S.ClH/c1-21(2,3)26-20-19(25-18-13-23-10-11-27(18)20)17-9-8-16(28-17)7-6-15-5-4-14(22)12-24-15;/h4-5,8-13,26H,1-3H3;1H. The highest BCUT2D eigenvalue weighted by Gasteiger charge is 2.20. The fourth-order valence-electron chi connectivity index (χ4n) is 2.66. The molecule has 0 bridgehead atoms. The molecule has 0 aliphatic carbocycles. The average Bonchev–Trinajstić information content (AvgIpc) is 3.25. The minimum Gasteiger partial charge on any atom is -0.365 e. The molecule has 0 fully saturated rings. The van der Waals surface area contributed by atoms with Crippen molar-refractivity contribution in [2.45, 2.75) is 26.3 Å². The monoisotopic (exact) mass is 427 g/mol. The van der Waals surface area contributed by atoms with E-state index in [0.29, 0.717) is 5.69 Å². The zero-order valence-corrected chi connectivity index (χ0v) is 17.7. The number of rotatable bonds is 2. The molecule has 0 aliphatic heterocycles. The highest BCUT2D eigenvalue weighted by atomic mass is 35.5. The van der Waals surface area contributed by atoms with E-state index in [1.807, 2.05) is 22.7 Å². The van der Waals surface area contributed by atoms with Gasteiger partial charge in [0, 0.05) is 17.9 Å². The lowest BCUT2D eigenvalue weighted by Crippen LogP contribution is -2.27. The maximum atomic E-state index is 13.0. The van der Waals surface area contributed by atoms with Crippen LogP contribution < -0.4 is 5.32 Å². The summed E-state index contributed by atoms with van der Waals surface area (Å²) >= 11 is 1.55. The molecular formula is C21H19ClFN5S. The van der Waals surface area contributed by atoms with Crippen molar-refractivity contribution in [3.8, 4) is 22.4 Å². The molecule has 0 atom stereocenters. The zero-order valence-electron chi connectivity index (χ0n) is 16.1. The number of fused-ring (bicyclic) bond motifs is 1. The first-order valence-corrected chi connectivity index (χ1v) is 9.55. The number of nitrogens with zero attached hydrogens (tertiary/aromatic N) is 4. The lowest BCUT2D eigenvalue weighted by Gasteiger charge is -2.22. The lowest BCUT2D eigenvalue weighted by molar-refractivity contribution is 0.621. The Morgan fingerprint density at radius 2 is 1.93 bits per heavy atom. The van der Waals surface area contributed by atoms with Gasteiger partial charge in [0.05, 0.1) is 22.1 Å². The second-order valence-corrected chi connectivity index (χ2v) is 8.35. The Kier molecular flexibility index (Phi) is 5.87. The summed E-state index contributed by atoms with van der Waals surface area (Å²) in [5.74, 6) is 6.60. The number of anilines is 1. The van der Waals surface area contributed by atoms with Gasteiger partial charge in [-0.25, -0.2) is 14.4 Å². The Bertz CT molecular complexity index is 1200. The molecule has 148 valence electrons. The maximum Gasteiger partial charge on any atom is 0.157 e. The Morgan fingerprint density at radius 1 is 1.10 bits per heavy atom. The fraction of sp³-hybridized carbons (Fsp3) is 0.190. The Labute approximate surface area is 178 Å². The van der Waals surface area contributed by atoms with Crippen molar-refractivity contribution >= 4 is 35.2 Å². The van der Waals surface area contributed by atoms with Gasteiger partial charge < -0.3 is 5.32 Å². The summed E-state index contributed by atoms with van der Waals surface area (Å²) < 4.78 is 15.0. The van der Waals surface area contributed by atoms with Gasteiger partial charge >= 0.3 is 0 Å². The molecule has 0 amide bonds. The van der Waals surface area contributed by atoms with Crippen molar-refractivity contribution < 1.29 is 4.39 Å². The van der Waals surface area contributed by atoms with E-state index < -0.39 is 0 Å². The second kappa shape index (κ2) is 8.19. The molecule has 4 heterocycles. The number of halogens is 2. The summed E-state index contributed by atoms with van der Waals surface area (Å²) in [6, 6.07) is 6.89. The Balaban J connectivity index is 0.00000240. The van der Waals surface area contributed by atoms with Crippen LogP contribution in [0.15, 0.2) is 49.1 Å². The van der Waals surface area contributed by atoms with Crippen LogP contribution in [0.2, 0.25) is 0 Å². The van der Waals surface area contributed by atoms with Gasteiger partial charge in [0.25, 0.3) is 0 Å². The van der Waals surface area contributed by atoms with Crippen LogP contribution in [0, 0.1) is 17.7 Å². The SMILES string of the molecule is CC(C)(C)Nc1c(-c2ccc(C#Cc3ccc(F)cn3)s2)nc2cnccn12.Cl. The predicted molar refractivity (Wildman–Crippen MR) is 117 cm³/mol. The average molecular weight is 428 g/mol. The van der Waals surface area contributed by atoms with E-state index in [9.17, 15) is 4.39 Å². The smallest absolute Gasteiger partial charge is 0.157 e.